The molecule has 1 fully saturated rings. The van der Waals surface area contributed by atoms with Crippen LogP contribution in [0.4, 0.5) is 5.69 Å². The third-order valence-corrected chi connectivity index (χ3v) is 11.4. The maximum absolute atomic E-state index is 13.6. The smallest absolute Gasteiger partial charge is 0.306 e. The van der Waals surface area contributed by atoms with Crippen molar-refractivity contribution in [3.05, 3.63) is 58.2 Å². The lowest BCUT2D eigenvalue weighted by Gasteiger charge is -2.31. The number of carboxylic acid groups (broad SMARTS) is 1. The highest BCUT2D eigenvalue weighted by Gasteiger charge is 2.26. The monoisotopic (exact) mass is 1020 g/mol. The van der Waals surface area contributed by atoms with Crippen LogP contribution in [-0.2, 0) is 32.1 Å². The van der Waals surface area contributed by atoms with Crippen molar-refractivity contribution in [1.82, 2.24) is 26.2 Å². The third kappa shape index (κ3) is 15.5. The molecule has 0 aromatic heterocycles. The van der Waals surface area contributed by atoms with Gasteiger partial charge in [-0.3, -0.25) is 19.3 Å². The van der Waals surface area contributed by atoms with Crippen molar-refractivity contribution in [3.63, 3.8) is 0 Å². The summed E-state index contributed by atoms with van der Waals surface area (Å²) in [7, 11) is 0. The number of anilines is 1. The van der Waals surface area contributed by atoms with Crippen LogP contribution in [0.25, 0.3) is 0 Å². The minimum Gasteiger partial charge on any atom is -0.481 e. The van der Waals surface area contributed by atoms with Gasteiger partial charge in [0.2, 0.25) is 11.8 Å². The largest absolute Gasteiger partial charge is 0.481 e. The Balaban J connectivity index is 1.50. The van der Waals surface area contributed by atoms with Crippen molar-refractivity contribution in [3.8, 4) is 0 Å². The fourth-order valence-corrected chi connectivity index (χ4v) is 9.59. The molecule has 2 atom stereocenters. The second-order valence-electron chi connectivity index (χ2n) is 12.1. The van der Waals surface area contributed by atoms with E-state index in [4.69, 9.17) is 4.74 Å². The number of nitrogens with zero attached hydrogens (tertiary/aromatic N) is 1. The fourth-order valence-electron chi connectivity index (χ4n) is 5.51. The molecule has 0 radical (unpaired) electrons. The Bertz CT molecular complexity index is 1310. The number of carbonyl (C=O) groups excluding carboxylic acids is 2. The second-order valence-corrected chi connectivity index (χ2v) is 15.5. The summed E-state index contributed by atoms with van der Waals surface area (Å²) in [6, 6.07) is 11.6. The van der Waals surface area contributed by atoms with E-state index >= 15 is 0 Å². The van der Waals surface area contributed by atoms with Gasteiger partial charge in [0, 0.05) is 76.0 Å². The maximum atomic E-state index is 13.6. The Labute approximate surface area is 332 Å². The summed E-state index contributed by atoms with van der Waals surface area (Å²) in [5.74, 6) is -1.37. The highest BCUT2D eigenvalue weighted by molar-refractivity contribution is 14.1. The number of hydrogen-bond acceptors (Lipinski definition) is 8. The SMILES string of the molecule is CCC(Cc1c(I)cc(I)c(NC(=O)CCCCCNC(=O)C(COCc2ccccc2)N2CCNCCNCCNCC2)c1I)C(=O)O. The molecule has 11 nitrogen and oxygen atoms in total. The predicted molar refractivity (Wildman–Crippen MR) is 220 cm³/mol. The molecule has 1 aliphatic heterocycles. The van der Waals surface area contributed by atoms with Crippen molar-refractivity contribution in [2.24, 2.45) is 5.92 Å². The van der Waals surface area contributed by atoms with Gasteiger partial charge in [-0.2, -0.15) is 0 Å². The minimum atomic E-state index is -0.803. The molecular formula is C35H51I3N6O5. The molecule has 2 aromatic carbocycles. The Hall–Kier alpha value is -1.16. The van der Waals surface area contributed by atoms with Crippen molar-refractivity contribution in [2.75, 3.05) is 70.8 Å². The van der Waals surface area contributed by atoms with E-state index in [0.29, 0.717) is 45.4 Å². The number of halogens is 3. The van der Waals surface area contributed by atoms with Crippen LogP contribution in [0, 0.1) is 16.6 Å². The number of carboxylic acids is 1. The average molecular weight is 1020 g/mol. The number of rotatable bonds is 17. The van der Waals surface area contributed by atoms with Gasteiger partial charge in [0.1, 0.15) is 6.04 Å². The van der Waals surface area contributed by atoms with E-state index in [1.54, 1.807) is 0 Å². The molecule has 1 aliphatic rings. The number of ether oxygens (including phenoxy) is 1. The van der Waals surface area contributed by atoms with Gasteiger partial charge in [-0.25, -0.2) is 0 Å². The quantitative estimate of drug-likeness (QED) is 0.100. The first-order valence-electron chi connectivity index (χ1n) is 17.2. The minimum absolute atomic E-state index is 0.0357. The van der Waals surface area contributed by atoms with Crippen LogP contribution in [0.15, 0.2) is 36.4 Å². The predicted octanol–water partition coefficient (Wildman–Crippen LogP) is 4.44. The summed E-state index contributed by atoms with van der Waals surface area (Å²) in [4.78, 5) is 40.4. The molecule has 3 rings (SSSR count). The van der Waals surface area contributed by atoms with Crippen LogP contribution < -0.4 is 26.6 Å². The second kappa shape index (κ2) is 24.2. The van der Waals surface area contributed by atoms with Gasteiger partial charge in [0.05, 0.1) is 24.8 Å². The van der Waals surface area contributed by atoms with Crippen LogP contribution >= 0.6 is 67.8 Å². The summed E-state index contributed by atoms with van der Waals surface area (Å²) in [5.41, 5.74) is 2.78. The van der Waals surface area contributed by atoms with Gasteiger partial charge in [-0.1, -0.05) is 43.7 Å². The molecule has 0 saturated carbocycles. The Kier molecular flexibility index (Phi) is 20.8. The number of nitrogens with one attached hydrogen (secondary N) is 5. The zero-order valence-corrected chi connectivity index (χ0v) is 34.8. The van der Waals surface area contributed by atoms with E-state index in [1.165, 1.54) is 0 Å². The molecule has 272 valence electrons. The van der Waals surface area contributed by atoms with Crippen molar-refractivity contribution in [1.29, 1.82) is 0 Å². The summed E-state index contributed by atoms with van der Waals surface area (Å²) in [6.07, 6.45) is 3.61. The lowest BCUT2D eigenvalue weighted by Crippen LogP contribution is -2.53. The molecule has 2 aromatic rings. The standard InChI is InChI=1S/C35H51I3N6O5/c1-2-26(35(47)48)21-27-28(36)22-29(37)33(32(27)38)43-31(45)11-7-4-8-12-42-34(46)30(24-49-23-25-9-5-3-6-10-25)44-19-17-40-15-13-39-14-16-41-18-20-44/h3,5-6,9-10,22,26,30,39-41H,2,4,7-8,11-21,23-24H2,1H3,(H,42,46)(H,43,45)(H,47,48). The Morgan fingerprint density at radius 2 is 1.57 bits per heavy atom. The maximum Gasteiger partial charge on any atom is 0.306 e. The lowest BCUT2D eigenvalue weighted by molar-refractivity contribution is -0.141. The fraction of sp³-hybridized carbons (Fsp3) is 0.571. The van der Waals surface area contributed by atoms with E-state index < -0.39 is 17.9 Å². The number of carbonyl (C=O) groups is 3. The number of amides is 2. The van der Waals surface area contributed by atoms with Crippen LogP contribution in [0.5, 0.6) is 0 Å². The zero-order chi connectivity index (χ0) is 35.4. The molecule has 6 N–H and O–H groups in total. The van der Waals surface area contributed by atoms with Gasteiger partial charge in [-0.15, -0.1) is 0 Å². The van der Waals surface area contributed by atoms with Gasteiger partial charge in [0.15, 0.2) is 0 Å². The van der Waals surface area contributed by atoms with E-state index in [-0.39, 0.29) is 11.8 Å². The summed E-state index contributed by atoms with van der Waals surface area (Å²) in [5, 5.41) is 26.1. The lowest BCUT2D eigenvalue weighted by atomic mass is 9.97. The molecule has 49 heavy (non-hydrogen) atoms. The first kappa shape index (κ1) is 42.3. The van der Waals surface area contributed by atoms with E-state index in [9.17, 15) is 19.5 Å². The molecule has 2 unspecified atom stereocenters. The topological polar surface area (TPSA) is 144 Å². The van der Waals surface area contributed by atoms with Crippen molar-refractivity contribution in [2.45, 2.75) is 58.1 Å². The van der Waals surface area contributed by atoms with Crippen molar-refractivity contribution >= 4 is 91.2 Å². The van der Waals surface area contributed by atoms with Crippen LogP contribution in [0.1, 0.15) is 50.2 Å². The number of aliphatic carboxylic acids is 1. The third-order valence-electron chi connectivity index (χ3n) is 8.44. The normalized spacial score (nSPS) is 16.2. The Morgan fingerprint density at radius 3 is 2.20 bits per heavy atom. The molecule has 1 heterocycles. The summed E-state index contributed by atoms with van der Waals surface area (Å²) in [6.45, 7) is 9.79. The van der Waals surface area contributed by atoms with Gasteiger partial charge < -0.3 is 36.4 Å². The van der Waals surface area contributed by atoms with Gasteiger partial charge in [0.25, 0.3) is 0 Å². The molecule has 1 saturated heterocycles. The summed E-state index contributed by atoms with van der Waals surface area (Å²) < 4.78 is 8.92. The first-order valence-corrected chi connectivity index (χ1v) is 20.4. The molecule has 0 spiro atoms. The zero-order valence-electron chi connectivity index (χ0n) is 28.3. The van der Waals surface area contributed by atoms with Crippen LogP contribution in [0.3, 0.4) is 0 Å². The van der Waals surface area contributed by atoms with Crippen molar-refractivity contribution < 1.29 is 24.2 Å². The van der Waals surface area contributed by atoms with Crippen LogP contribution in [-0.4, -0.2) is 99.3 Å². The van der Waals surface area contributed by atoms with E-state index in [1.807, 2.05) is 43.3 Å². The first-order chi connectivity index (χ1) is 23.7. The van der Waals surface area contributed by atoms with E-state index in [2.05, 4.69) is 99.3 Å². The number of unbranched alkanes of at least 4 members (excludes halogenated alkanes) is 2. The summed E-state index contributed by atoms with van der Waals surface area (Å²) >= 11 is 6.69. The molecule has 0 bridgehead atoms. The molecule has 0 aliphatic carbocycles. The van der Waals surface area contributed by atoms with Crippen LogP contribution in [0.2, 0.25) is 0 Å². The van der Waals surface area contributed by atoms with Gasteiger partial charge >= 0.3 is 5.97 Å². The molecule has 14 heteroatoms. The average Bonchev–Trinajstić information content (AvgIpc) is 3.07. The number of benzene rings is 2. The molecule has 2 amide bonds. The highest BCUT2D eigenvalue weighted by atomic mass is 127. The van der Waals surface area contributed by atoms with E-state index in [0.717, 1.165) is 92.7 Å². The Morgan fingerprint density at radius 1 is 0.918 bits per heavy atom. The highest BCUT2D eigenvalue weighted by Crippen LogP contribution is 2.34. The molecular weight excluding hydrogens is 965 g/mol. The van der Waals surface area contributed by atoms with Gasteiger partial charge in [-0.05, 0) is 111 Å². The number of hydrogen-bond donors (Lipinski definition) is 6.